The van der Waals surface area contributed by atoms with Crippen LogP contribution in [0, 0.1) is 11.2 Å². The second-order valence-electron chi connectivity index (χ2n) is 11.8. The highest BCUT2D eigenvalue weighted by atomic mass is 32.1. The van der Waals surface area contributed by atoms with Gasteiger partial charge in [-0.3, -0.25) is 14.4 Å². The number of rotatable bonds is 10. The van der Waals surface area contributed by atoms with E-state index in [1.54, 1.807) is 40.7 Å². The Morgan fingerprint density at radius 1 is 0.886 bits per heavy atom. The van der Waals surface area contributed by atoms with E-state index in [-0.39, 0.29) is 29.8 Å². The first-order valence-corrected chi connectivity index (χ1v) is 15.5. The predicted molar refractivity (Wildman–Crippen MR) is 165 cm³/mol. The molecule has 2 aromatic heterocycles. The van der Waals surface area contributed by atoms with Crippen LogP contribution in [0.15, 0.2) is 60.7 Å². The van der Waals surface area contributed by atoms with Gasteiger partial charge in [-0.1, -0.05) is 47.7 Å². The van der Waals surface area contributed by atoms with Gasteiger partial charge in [-0.2, -0.15) is 0 Å². The van der Waals surface area contributed by atoms with Crippen molar-refractivity contribution in [2.45, 2.75) is 64.9 Å². The van der Waals surface area contributed by atoms with Crippen LogP contribution in [0.1, 0.15) is 64.3 Å². The third-order valence-corrected chi connectivity index (χ3v) is 8.55. The van der Waals surface area contributed by atoms with Gasteiger partial charge in [-0.05, 0) is 82.9 Å². The highest BCUT2D eigenvalue weighted by Gasteiger charge is 2.58. The smallest absolute Gasteiger partial charge is 0.336 e. The summed E-state index contributed by atoms with van der Waals surface area (Å²) in [6, 6.07) is 18.5. The van der Waals surface area contributed by atoms with Crippen molar-refractivity contribution >= 4 is 39.6 Å². The lowest BCUT2D eigenvalue weighted by atomic mass is 9.80. The van der Waals surface area contributed by atoms with Gasteiger partial charge in [-0.25, -0.2) is 14.4 Å². The number of nitrogens with zero attached hydrogens (tertiary/aromatic N) is 2. The van der Waals surface area contributed by atoms with Crippen molar-refractivity contribution in [3.8, 4) is 10.6 Å². The third kappa shape index (κ3) is 5.95. The Hall–Kier alpha value is -4.18. The second-order valence-corrected chi connectivity index (χ2v) is 12.8. The van der Waals surface area contributed by atoms with E-state index in [2.05, 4.69) is 17.1 Å². The fraction of sp³-hybridized carbons (Fsp3) is 0.382. The molecule has 5 rings (SSSR count). The third-order valence-electron chi connectivity index (χ3n) is 7.55. The molecule has 0 spiro atoms. The topological polar surface area (TPSA) is 105 Å². The van der Waals surface area contributed by atoms with Crippen molar-refractivity contribution in [2.75, 3.05) is 13.2 Å². The van der Waals surface area contributed by atoms with E-state index < -0.39 is 41.2 Å². The lowest BCUT2D eigenvalue weighted by Crippen LogP contribution is -2.52. The number of fused-ring (bicyclic) bond motifs is 1. The summed E-state index contributed by atoms with van der Waals surface area (Å²) in [6.07, 6.45) is 1.52. The number of carbonyl (C=O) groups is 3. The first kappa shape index (κ1) is 31.3. The van der Waals surface area contributed by atoms with Crippen LogP contribution in [0.4, 0.5) is 4.39 Å². The average molecular weight is 619 g/mol. The fourth-order valence-corrected chi connectivity index (χ4v) is 6.23. The molecule has 0 unspecified atom stereocenters. The van der Waals surface area contributed by atoms with Crippen molar-refractivity contribution in [3.05, 3.63) is 83.3 Å². The Balaban J connectivity index is 1.48. The highest BCUT2D eigenvalue weighted by molar-refractivity contribution is 7.21. The van der Waals surface area contributed by atoms with Crippen molar-refractivity contribution in [1.82, 2.24) is 9.97 Å². The number of thiazole rings is 1. The summed E-state index contributed by atoms with van der Waals surface area (Å²) in [6.45, 7) is 7.78. The van der Waals surface area contributed by atoms with Gasteiger partial charge in [0.2, 0.25) is 0 Å². The molecule has 8 nitrogen and oxygen atoms in total. The molecule has 1 saturated carbocycles. The van der Waals surface area contributed by atoms with E-state index in [0.29, 0.717) is 15.4 Å². The minimum absolute atomic E-state index is 0.0874. The molecule has 10 heteroatoms. The van der Waals surface area contributed by atoms with Crippen LogP contribution in [0.25, 0.3) is 20.9 Å². The minimum Gasteiger partial charge on any atom is -0.465 e. The molecule has 0 atom stereocenters. The zero-order valence-electron chi connectivity index (χ0n) is 25.4. The Morgan fingerprint density at radius 3 is 2.11 bits per heavy atom. The number of benzene rings is 2. The number of ether oxygens (including phenoxy) is 3. The molecule has 4 aromatic rings. The Labute approximate surface area is 259 Å². The zero-order chi connectivity index (χ0) is 31.7. The maximum Gasteiger partial charge on any atom is 0.336 e. The van der Waals surface area contributed by atoms with Crippen LogP contribution in [0.3, 0.4) is 0 Å². The summed E-state index contributed by atoms with van der Waals surface area (Å²) in [5.74, 6) is -3.98. The summed E-state index contributed by atoms with van der Waals surface area (Å²) in [5.41, 5.74) is -0.292. The predicted octanol–water partition coefficient (Wildman–Crippen LogP) is 6.57. The van der Waals surface area contributed by atoms with Gasteiger partial charge in [0.25, 0.3) is 5.41 Å². The van der Waals surface area contributed by atoms with Crippen LogP contribution in [-0.4, -0.2) is 46.7 Å². The Morgan fingerprint density at radius 2 is 1.55 bits per heavy atom. The van der Waals surface area contributed by atoms with Crippen molar-refractivity contribution in [1.29, 1.82) is 0 Å². The van der Waals surface area contributed by atoms with Gasteiger partial charge in [0.15, 0.2) is 0 Å². The molecule has 2 aromatic carbocycles. The Kier molecular flexibility index (Phi) is 8.57. The standard InChI is InChI=1S/C34H35FN2O6S/c1-6-41-29(38)34(30(39)42-7-2,31(40)43-32(3,4)5)20-21-13-14-23(24(35)19-21)27-36-25-15-16-26(37-28(25)44-27)33(17-18-33)22-11-9-8-10-12-22/h8-16,19H,6-7,17-18,20H2,1-5H3. The number of pyridine rings is 1. The van der Waals surface area contributed by atoms with Crippen LogP contribution in [-0.2, 0) is 40.4 Å². The SMILES string of the molecule is CCOC(=O)C(Cc1ccc(-c2nc3ccc(C4(c5ccccc5)CC4)nc3s2)c(F)c1)(C(=O)OCC)C(=O)OC(C)(C)C. The molecule has 44 heavy (non-hydrogen) atoms. The van der Waals surface area contributed by atoms with E-state index in [1.165, 1.54) is 29.0 Å². The monoisotopic (exact) mass is 618 g/mol. The first-order chi connectivity index (χ1) is 20.9. The van der Waals surface area contributed by atoms with Crippen LogP contribution in [0.2, 0.25) is 0 Å². The molecule has 0 bridgehead atoms. The van der Waals surface area contributed by atoms with Gasteiger partial charge in [0, 0.05) is 17.4 Å². The number of aromatic nitrogens is 2. The molecule has 0 aliphatic heterocycles. The lowest BCUT2D eigenvalue weighted by molar-refractivity contribution is -0.189. The zero-order valence-corrected chi connectivity index (χ0v) is 26.3. The van der Waals surface area contributed by atoms with Gasteiger partial charge < -0.3 is 14.2 Å². The molecular formula is C34H35FN2O6S. The molecule has 0 N–H and O–H groups in total. The van der Waals surface area contributed by atoms with Gasteiger partial charge in [0.1, 0.15) is 26.8 Å². The maximum absolute atomic E-state index is 15.7. The number of carbonyl (C=O) groups excluding carboxylic acids is 3. The van der Waals surface area contributed by atoms with Crippen LogP contribution >= 0.6 is 11.3 Å². The van der Waals surface area contributed by atoms with E-state index in [0.717, 1.165) is 18.5 Å². The first-order valence-electron chi connectivity index (χ1n) is 14.6. The van der Waals surface area contributed by atoms with Crippen molar-refractivity contribution in [3.63, 3.8) is 0 Å². The number of esters is 3. The second kappa shape index (κ2) is 12.1. The average Bonchev–Trinajstić information content (AvgIpc) is 3.68. The number of hydrogen-bond donors (Lipinski definition) is 0. The number of halogens is 1. The summed E-state index contributed by atoms with van der Waals surface area (Å²) in [5, 5.41) is 0.437. The largest absolute Gasteiger partial charge is 0.465 e. The summed E-state index contributed by atoms with van der Waals surface area (Å²) in [7, 11) is 0. The Bertz CT molecular complexity index is 1690. The van der Waals surface area contributed by atoms with Crippen LogP contribution in [0.5, 0.6) is 0 Å². The molecule has 1 aliphatic rings. The van der Waals surface area contributed by atoms with Crippen molar-refractivity contribution in [2.24, 2.45) is 5.41 Å². The van der Waals surface area contributed by atoms with E-state index in [4.69, 9.17) is 19.2 Å². The molecule has 1 fully saturated rings. The molecule has 0 saturated heterocycles. The summed E-state index contributed by atoms with van der Waals surface area (Å²) >= 11 is 1.29. The van der Waals surface area contributed by atoms with Crippen LogP contribution < -0.4 is 0 Å². The van der Waals surface area contributed by atoms with Gasteiger partial charge in [-0.15, -0.1) is 0 Å². The number of hydrogen-bond acceptors (Lipinski definition) is 9. The molecule has 1 aliphatic carbocycles. The van der Waals surface area contributed by atoms with Gasteiger partial charge >= 0.3 is 17.9 Å². The molecule has 0 radical (unpaired) electrons. The lowest BCUT2D eigenvalue weighted by Gasteiger charge is -2.30. The summed E-state index contributed by atoms with van der Waals surface area (Å²) < 4.78 is 31.5. The summed E-state index contributed by atoms with van der Waals surface area (Å²) in [4.78, 5) is 50.2. The molecule has 0 amide bonds. The quantitative estimate of drug-likeness (QED) is 0.112. The maximum atomic E-state index is 15.7. The van der Waals surface area contributed by atoms with Gasteiger partial charge in [0.05, 0.1) is 18.9 Å². The minimum atomic E-state index is -2.47. The van der Waals surface area contributed by atoms with Crippen molar-refractivity contribution < 1.29 is 33.0 Å². The molecule has 2 heterocycles. The van der Waals surface area contributed by atoms with E-state index in [1.807, 2.05) is 30.3 Å². The highest BCUT2D eigenvalue weighted by Crippen LogP contribution is 2.53. The molecular weight excluding hydrogens is 583 g/mol. The molecule has 230 valence electrons. The normalized spacial score (nSPS) is 14.2. The van der Waals surface area contributed by atoms with E-state index >= 15 is 4.39 Å². The van der Waals surface area contributed by atoms with E-state index in [9.17, 15) is 14.4 Å². The fourth-order valence-electron chi connectivity index (χ4n) is 5.26.